The van der Waals surface area contributed by atoms with Gasteiger partial charge in [-0.15, -0.1) is 10.2 Å². The number of hydrogen-bond acceptors (Lipinski definition) is 7. The molecule has 3 aromatic heterocycles. The molecule has 4 rings (SSSR count). The fraction of sp³-hybridized carbons (Fsp3) is 0.381. The first-order valence-electron chi connectivity index (χ1n) is 9.78. The van der Waals surface area contributed by atoms with Crippen LogP contribution in [0.5, 0.6) is 0 Å². The van der Waals surface area contributed by atoms with Crippen molar-refractivity contribution >= 4 is 5.91 Å². The van der Waals surface area contributed by atoms with Gasteiger partial charge in [0.2, 0.25) is 17.7 Å². The fourth-order valence-electron chi connectivity index (χ4n) is 3.52. The Labute approximate surface area is 169 Å². The average Bonchev–Trinajstić information content (AvgIpc) is 3.43. The minimum atomic E-state index is 0.0880. The van der Waals surface area contributed by atoms with Crippen molar-refractivity contribution < 1.29 is 9.21 Å². The number of nitrogens with zero attached hydrogens (tertiary/aromatic N) is 6. The number of hydrogen-bond donors (Lipinski definition) is 0. The molecule has 1 saturated heterocycles. The topological polar surface area (TPSA) is 88.3 Å². The number of pyridine rings is 2. The van der Waals surface area contributed by atoms with Crippen molar-refractivity contribution in [2.75, 3.05) is 26.7 Å². The lowest BCUT2D eigenvalue weighted by atomic mass is 10.1. The van der Waals surface area contributed by atoms with Crippen molar-refractivity contribution in [2.24, 2.45) is 0 Å². The molecule has 1 aliphatic rings. The summed E-state index contributed by atoms with van der Waals surface area (Å²) in [5.41, 5.74) is 1.94. The molecule has 8 nitrogen and oxygen atoms in total. The Hall–Kier alpha value is -3.13. The van der Waals surface area contributed by atoms with Crippen molar-refractivity contribution in [3.8, 4) is 11.5 Å². The highest BCUT2D eigenvalue weighted by molar-refractivity contribution is 5.76. The van der Waals surface area contributed by atoms with Gasteiger partial charge < -0.3 is 14.2 Å². The third-order valence-corrected chi connectivity index (χ3v) is 5.12. The van der Waals surface area contributed by atoms with Gasteiger partial charge in [-0.3, -0.25) is 14.8 Å². The smallest absolute Gasteiger partial charge is 0.249 e. The van der Waals surface area contributed by atoms with Crippen LogP contribution in [0.25, 0.3) is 11.5 Å². The number of carbonyl (C=O) groups excluding carboxylic acids is 1. The van der Waals surface area contributed by atoms with E-state index < -0.39 is 0 Å². The minimum absolute atomic E-state index is 0.0880. The summed E-state index contributed by atoms with van der Waals surface area (Å²) in [6.45, 7) is 2.84. The first-order valence-corrected chi connectivity index (χ1v) is 9.78. The third kappa shape index (κ3) is 4.83. The van der Waals surface area contributed by atoms with E-state index >= 15 is 0 Å². The van der Waals surface area contributed by atoms with Crippen LogP contribution >= 0.6 is 0 Å². The zero-order valence-corrected chi connectivity index (χ0v) is 16.4. The van der Waals surface area contributed by atoms with E-state index in [4.69, 9.17) is 4.42 Å². The molecular formula is C21H24N6O2. The van der Waals surface area contributed by atoms with Crippen molar-refractivity contribution in [1.82, 2.24) is 30.0 Å². The summed E-state index contributed by atoms with van der Waals surface area (Å²) < 4.78 is 5.83. The quantitative estimate of drug-likeness (QED) is 0.610. The molecule has 0 aliphatic carbocycles. The first-order chi connectivity index (χ1) is 14.2. The molecule has 29 heavy (non-hydrogen) atoms. The Balaban J connectivity index is 1.27. The summed E-state index contributed by atoms with van der Waals surface area (Å²) in [6.07, 6.45) is 8.35. The second kappa shape index (κ2) is 8.91. The van der Waals surface area contributed by atoms with Gasteiger partial charge in [-0.1, -0.05) is 6.07 Å². The zero-order chi connectivity index (χ0) is 20.1. The van der Waals surface area contributed by atoms with Crippen LogP contribution in [0.4, 0.5) is 0 Å². The van der Waals surface area contributed by atoms with Crippen molar-refractivity contribution in [1.29, 1.82) is 0 Å². The molecule has 1 amide bonds. The van der Waals surface area contributed by atoms with E-state index in [1.54, 1.807) is 18.6 Å². The van der Waals surface area contributed by atoms with E-state index in [2.05, 4.69) is 25.1 Å². The second-order valence-electron chi connectivity index (χ2n) is 7.36. The number of rotatable bonds is 7. The summed E-state index contributed by atoms with van der Waals surface area (Å²) in [6, 6.07) is 7.69. The lowest BCUT2D eigenvalue weighted by Crippen LogP contribution is -2.31. The van der Waals surface area contributed by atoms with E-state index in [9.17, 15) is 4.79 Å². The van der Waals surface area contributed by atoms with Gasteiger partial charge in [0, 0.05) is 57.4 Å². The van der Waals surface area contributed by atoms with Crippen molar-refractivity contribution in [2.45, 2.75) is 25.3 Å². The SMILES string of the molecule is CN(CCC(=O)N1CCC(c2nnc(-c3cccnc3)o2)C1)Cc1cccnc1. The molecule has 1 unspecified atom stereocenters. The summed E-state index contributed by atoms with van der Waals surface area (Å²) in [5.74, 6) is 1.31. The lowest BCUT2D eigenvalue weighted by molar-refractivity contribution is -0.130. The van der Waals surface area contributed by atoms with E-state index in [-0.39, 0.29) is 11.8 Å². The van der Waals surface area contributed by atoms with Crippen LogP contribution in [0.1, 0.15) is 30.2 Å². The van der Waals surface area contributed by atoms with Crippen LogP contribution in [-0.2, 0) is 11.3 Å². The summed E-state index contributed by atoms with van der Waals surface area (Å²) >= 11 is 0. The van der Waals surface area contributed by atoms with E-state index in [0.29, 0.717) is 31.3 Å². The zero-order valence-electron chi connectivity index (χ0n) is 16.4. The van der Waals surface area contributed by atoms with E-state index in [0.717, 1.165) is 30.6 Å². The van der Waals surface area contributed by atoms with Gasteiger partial charge in [-0.2, -0.15) is 0 Å². The molecule has 8 heteroatoms. The van der Waals surface area contributed by atoms with E-state index in [1.165, 1.54) is 0 Å². The van der Waals surface area contributed by atoms with Crippen LogP contribution < -0.4 is 0 Å². The molecule has 0 spiro atoms. The van der Waals surface area contributed by atoms with E-state index in [1.807, 2.05) is 42.4 Å². The Bertz CT molecular complexity index is 931. The second-order valence-corrected chi connectivity index (χ2v) is 7.36. The highest BCUT2D eigenvalue weighted by Gasteiger charge is 2.31. The third-order valence-electron chi connectivity index (χ3n) is 5.12. The molecular weight excluding hydrogens is 368 g/mol. The molecule has 0 radical (unpaired) electrons. The number of aromatic nitrogens is 4. The van der Waals surface area contributed by atoms with Crippen molar-refractivity contribution in [3.63, 3.8) is 0 Å². The average molecular weight is 392 g/mol. The monoisotopic (exact) mass is 392 g/mol. The molecule has 1 atom stereocenters. The van der Waals surface area contributed by atoms with Crippen molar-refractivity contribution in [3.05, 3.63) is 60.5 Å². The summed E-state index contributed by atoms with van der Waals surface area (Å²) in [7, 11) is 2.02. The summed E-state index contributed by atoms with van der Waals surface area (Å²) in [4.78, 5) is 24.9. The number of likely N-dealkylation sites (tertiary alicyclic amines) is 1. The van der Waals surface area contributed by atoms with Gasteiger partial charge in [-0.05, 0) is 37.2 Å². The molecule has 150 valence electrons. The Morgan fingerprint density at radius 1 is 1.21 bits per heavy atom. The van der Waals surface area contributed by atoms with Gasteiger partial charge in [0.15, 0.2) is 0 Å². The van der Waals surface area contributed by atoms with Gasteiger partial charge in [-0.25, -0.2) is 0 Å². The van der Waals surface area contributed by atoms with Crippen LogP contribution in [0.15, 0.2) is 53.5 Å². The van der Waals surface area contributed by atoms with Gasteiger partial charge in [0.1, 0.15) is 0 Å². The van der Waals surface area contributed by atoms with Gasteiger partial charge in [0.05, 0.1) is 11.5 Å². The highest BCUT2D eigenvalue weighted by atomic mass is 16.4. The van der Waals surface area contributed by atoms with Crippen LogP contribution in [0.3, 0.4) is 0 Å². The molecule has 1 aliphatic heterocycles. The first kappa shape index (κ1) is 19.2. The molecule has 0 bridgehead atoms. The minimum Gasteiger partial charge on any atom is -0.420 e. The number of amides is 1. The van der Waals surface area contributed by atoms with Crippen LogP contribution in [0, 0.1) is 0 Å². The largest absolute Gasteiger partial charge is 0.420 e. The number of carbonyl (C=O) groups is 1. The van der Waals surface area contributed by atoms with Crippen LogP contribution in [-0.4, -0.2) is 62.6 Å². The molecule has 4 heterocycles. The van der Waals surface area contributed by atoms with Gasteiger partial charge >= 0.3 is 0 Å². The normalized spacial score (nSPS) is 16.5. The summed E-state index contributed by atoms with van der Waals surface area (Å²) in [5, 5.41) is 8.32. The van der Waals surface area contributed by atoms with Crippen LogP contribution in [0.2, 0.25) is 0 Å². The Kier molecular flexibility index (Phi) is 5.90. The predicted molar refractivity (Wildman–Crippen MR) is 107 cm³/mol. The molecule has 0 aromatic carbocycles. The fourth-order valence-corrected chi connectivity index (χ4v) is 3.52. The molecule has 3 aromatic rings. The maximum absolute atomic E-state index is 12.6. The predicted octanol–water partition coefficient (Wildman–Crippen LogP) is 2.36. The Morgan fingerprint density at radius 3 is 2.79 bits per heavy atom. The molecule has 1 fully saturated rings. The molecule has 0 N–H and O–H groups in total. The maximum atomic E-state index is 12.6. The van der Waals surface area contributed by atoms with Gasteiger partial charge in [0.25, 0.3) is 0 Å². The highest BCUT2D eigenvalue weighted by Crippen LogP contribution is 2.28. The Morgan fingerprint density at radius 2 is 2.03 bits per heavy atom. The maximum Gasteiger partial charge on any atom is 0.249 e. The standard InChI is InChI=1S/C21H24N6O2/c1-26(14-16-4-2-8-22-12-16)10-7-19(28)27-11-6-18(15-27)21-25-24-20(29-21)17-5-3-9-23-13-17/h2-5,8-9,12-13,18H,6-7,10-11,14-15H2,1H3. The molecule has 0 saturated carbocycles. The lowest BCUT2D eigenvalue weighted by Gasteiger charge is -2.20.